The van der Waals surface area contributed by atoms with E-state index in [0.717, 1.165) is 22.2 Å². The van der Waals surface area contributed by atoms with E-state index in [1.54, 1.807) is 24.5 Å². The molecule has 24 heavy (non-hydrogen) atoms. The lowest BCUT2D eigenvalue weighted by Crippen LogP contribution is -1.80. The van der Waals surface area contributed by atoms with Crippen molar-refractivity contribution in [2.45, 2.75) is 0 Å². The van der Waals surface area contributed by atoms with Crippen LogP contribution in [0.2, 0.25) is 0 Å². The van der Waals surface area contributed by atoms with Crippen LogP contribution < -0.4 is 0 Å². The number of rotatable bonds is 3. The molecule has 2 N–H and O–H groups in total. The number of imidazole rings is 1. The van der Waals surface area contributed by atoms with Crippen LogP contribution in [-0.2, 0) is 0 Å². The fourth-order valence-corrected chi connectivity index (χ4v) is 2.60. The van der Waals surface area contributed by atoms with Gasteiger partial charge in [-0.2, -0.15) is 0 Å². The molecule has 4 nitrogen and oxygen atoms in total. The Hall–Kier alpha value is -3.40. The first-order chi connectivity index (χ1) is 11.8. The zero-order valence-corrected chi connectivity index (χ0v) is 12.8. The molecule has 0 saturated heterocycles. The molecule has 0 radical (unpaired) electrons. The summed E-state index contributed by atoms with van der Waals surface area (Å²) in [5, 5.41) is 9.98. The summed E-state index contributed by atoms with van der Waals surface area (Å²) >= 11 is 0. The van der Waals surface area contributed by atoms with Crippen LogP contribution in [0.1, 0.15) is 11.1 Å². The van der Waals surface area contributed by atoms with Crippen LogP contribution in [0, 0.1) is 0 Å². The first-order valence-electron chi connectivity index (χ1n) is 7.66. The summed E-state index contributed by atoms with van der Waals surface area (Å²) in [6.45, 7) is 0. The number of phenols is 1. The summed E-state index contributed by atoms with van der Waals surface area (Å²) in [7, 11) is 0. The number of hydrogen-bond acceptors (Lipinski definition) is 3. The minimum atomic E-state index is 0.217. The Morgan fingerprint density at radius 3 is 2.50 bits per heavy atom. The summed E-state index contributed by atoms with van der Waals surface area (Å²) in [4.78, 5) is 11.8. The number of phenolic OH excluding ortho intramolecular Hbond substituents is 1. The molecule has 2 aromatic heterocycles. The van der Waals surface area contributed by atoms with Gasteiger partial charge in [-0.25, -0.2) is 4.98 Å². The maximum absolute atomic E-state index is 9.98. The van der Waals surface area contributed by atoms with E-state index in [0.29, 0.717) is 11.4 Å². The second-order valence-corrected chi connectivity index (χ2v) is 5.49. The number of nitrogens with one attached hydrogen (secondary N) is 1. The van der Waals surface area contributed by atoms with E-state index in [4.69, 9.17) is 0 Å². The average molecular weight is 313 g/mol. The van der Waals surface area contributed by atoms with Crippen molar-refractivity contribution in [3.63, 3.8) is 0 Å². The molecule has 4 heteroatoms. The van der Waals surface area contributed by atoms with Crippen molar-refractivity contribution in [2.75, 3.05) is 0 Å². The highest BCUT2D eigenvalue weighted by Gasteiger charge is 2.08. The largest absolute Gasteiger partial charge is 0.507 e. The molecule has 0 atom stereocenters. The number of aromatic nitrogens is 3. The van der Waals surface area contributed by atoms with E-state index in [1.165, 1.54) is 0 Å². The van der Waals surface area contributed by atoms with Crippen LogP contribution in [0.3, 0.4) is 0 Å². The Morgan fingerprint density at radius 2 is 1.67 bits per heavy atom. The van der Waals surface area contributed by atoms with Gasteiger partial charge in [0.1, 0.15) is 11.6 Å². The molecule has 4 aromatic rings. The molecule has 0 spiro atoms. The Bertz CT molecular complexity index is 1020. The van der Waals surface area contributed by atoms with Gasteiger partial charge < -0.3 is 10.1 Å². The number of hydrogen-bond donors (Lipinski definition) is 2. The van der Waals surface area contributed by atoms with Gasteiger partial charge in [-0.3, -0.25) is 4.98 Å². The zero-order chi connectivity index (χ0) is 16.4. The molecule has 0 aliphatic carbocycles. The molecule has 2 heterocycles. The SMILES string of the molecule is Oc1ccccc1-c1nc2ccc(/C=C/c3ccncc3)cc2[nH]1. The number of aromatic hydroxyl groups is 1. The van der Waals surface area contributed by atoms with Gasteiger partial charge in [-0.05, 0) is 47.5 Å². The summed E-state index contributed by atoms with van der Waals surface area (Å²) in [6, 6.07) is 17.1. The van der Waals surface area contributed by atoms with Crippen LogP contribution in [-0.4, -0.2) is 20.1 Å². The number of aromatic amines is 1. The first kappa shape index (κ1) is 14.2. The smallest absolute Gasteiger partial charge is 0.142 e. The van der Waals surface area contributed by atoms with E-state index in [1.807, 2.05) is 48.5 Å². The first-order valence-corrected chi connectivity index (χ1v) is 7.66. The van der Waals surface area contributed by atoms with E-state index in [-0.39, 0.29) is 5.75 Å². The van der Waals surface area contributed by atoms with Gasteiger partial charge in [0.05, 0.1) is 16.6 Å². The number of pyridine rings is 1. The van der Waals surface area contributed by atoms with Crippen LogP contribution in [0.4, 0.5) is 0 Å². The van der Waals surface area contributed by atoms with Crippen molar-refractivity contribution >= 4 is 23.2 Å². The second-order valence-electron chi connectivity index (χ2n) is 5.49. The summed E-state index contributed by atoms with van der Waals surface area (Å²) in [5.41, 5.74) is 4.68. The van der Waals surface area contributed by atoms with E-state index >= 15 is 0 Å². The molecular weight excluding hydrogens is 298 g/mol. The maximum Gasteiger partial charge on any atom is 0.142 e. The molecule has 4 rings (SSSR count). The average Bonchev–Trinajstić information content (AvgIpc) is 3.04. The van der Waals surface area contributed by atoms with Crippen molar-refractivity contribution in [2.24, 2.45) is 0 Å². The fraction of sp³-hybridized carbons (Fsp3) is 0. The fourth-order valence-electron chi connectivity index (χ4n) is 2.60. The van der Waals surface area contributed by atoms with Gasteiger partial charge in [0.15, 0.2) is 0 Å². The van der Waals surface area contributed by atoms with Crippen molar-refractivity contribution in [1.82, 2.24) is 15.0 Å². The van der Waals surface area contributed by atoms with Gasteiger partial charge in [0, 0.05) is 12.4 Å². The molecule has 0 bridgehead atoms. The molecule has 0 saturated carbocycles. The Morgan fingerprint density at radius 1 is 0.875 bits per heavy atom. The van der Waals surface area contributed by atoms with Gasteiger partial charge >= 0.3 is 0 Å². The molecule has 116 valence electrons. The molecular formula is C20H15N3O. The van der Waals surface area contributed by atoms with Crippen LogP contribution in [0.15, 0.2) is 67.0 Å². The van der Waals surface area contributed by atoms with Crippen LogP contribution in [0.5, 0.6) is 5.75 Å². The lowest BCUT2D eigenvalue weighted by molar-refractivity contribution is 0.477. The zero-order valence-electron chi connectivity index (χ0n) is 12.8. The second kappa shape index (κ2) is 6.01. The molecule has 0 fully saturated rings. The summed E-state index contributed by atoms with van der Waals surface area (Å²) in [6.07, 6.45) is 7.64. The number of nitrogens with zero attached hydrogens (tertiary/aromatic N) is 2. The monoisotopic (exact) mass is 313 g/mol. The third-order valence-corrected chi connectivity index (χ3v) is 3.84. The summed E-state index contributed by atoms with van der Waals surface area (Å²) < 4.78 is 0. The Labute approximate surface area is 139 Å². The predicted molar refractivity (Wildman–Crippen MR) is 96.4 cm³/mol. The third-order valence-electron chi connectivity index (χ3n) is 3.84. The number of benzene rings is 2. The lowest BCUT2D eigenvalue weighted by Gasteiger charge is -1.98. The predicted octanol–water partition coefficient (Wildman–Crippen LogP) is 4.50. The number of H-pyrrole nitrogens is 1. The van der Waals surface area contributed by atoms with Gasteiger partial charge in [0.25, 0.3) is 0 Å². The van der Waals surface area contributed by atoms with Crippen molar-refractivity contribution in [1.29, 1.82) is 0 Å². The van der Waals surface area contributed by atoms with Crippen LogP contribution >= 0.6 is 0 Å². The molecule has 0 aliphatic heterocycles. The van der Waals surface area contributed by atoms with Crippen molar-refractivity contribution < 1.29 is 5.11 Å². The number of para-hydroxylation sites is 1. The highest BCUT2D eigenvalue weighted by atomic mass is 16.3. The minimum absolute atomic E-state index is 0.217. The topological polar surface area (TPSA) is 61.8 Å². The molecule has 0 aliphatic rings. The minimum Gasteiger partial charge on any atom is -0.507 e. The van der Waals surface area contributed by atoms with Crippen molar-refractivity contribution in [3.8, 4) is 17.1 Å². The van der Waals surface area contributed by atoms with E-state index in [2.05, 4.69) is 21.0 Å². The van der Waals surface area contributed by atoms with Gasteiger partial charge in [0.2, 0.25) is 0 Å². The summed E-state index contributed by atoms with van der Waals surface area (Å²) in [5.74, 6) is 0.882. The highest BCUT2D eigenvalue weighted by molar-refractivity contribution is 5.84. The van der Waals surface area contributed by atoms with Crippen molar-refractivity contribution in [3.05, 3.63) is 78.1 Å². The molecule has 0 unspecified atom stereocenters. The van der Waals surface area contributed by atoms with E-state index in [9.17, 15) is 5.11 Å². The molecule has 2 aromatic carbocycles. The molecule has 0 amide bonds. The third kappa shape index (κ3) is 2.77. The maximum atomic E-state index is 9.98. The van der Waals surface area contributed by atoms with E-state index < -0.39 is 0 Å². The van der Waals surface area contributed by atoms with Gasteiger partial charge in [-0.15, -0.1) is 0 Å². The number of fused-ring (bicyclic) bond motifs is 1. The highest BCUT2D eigenvalue weighted by Crippen LogP contribution is 2.28. The Kier molecular flexibility index (Phi) is 3.56. The Balaban J connectivity index is 1.69. The lowest BCUT2D eigenvalue weighted by atomic mass is 10.1. The normalized spacial score (nSPS) is 11.3. The van der Waals surface area contributed by atoms with Crippen LogP contribution in [0.25, 0.3) is 34.6 Å². The standard InChI is InChI=1S/C20H15N3O/c24-19-4-2-1-3-16(19)20-22-17-8-7-15(13-18(17)23-20)6-5-14-9-11-21-12-10-14/h1-13,24H,(H,22,23)/b6-5+. The quantitative estimate of drug-likeness (QED) is 0.585. The van der Waals surface area contributed by atoms with Gasteiger partial charge in [-0.1, -0.05) is 30.4 Å².